The Bertz CT molecular complexity index is 847. The van der Waals surface area contributed by atoms with E-state index >= 15 is 0 Å². The summed E-state index contributed by atoms with van der Waals surface area (Å²) in [5.74, 6) is 1.68. The van der Waals surface area contributed by atoms with E-state index in [-0.39, 0.29) is 11.5 Å². The maximum Gasteiger partial charge on any atom is 0.255 e. The van der Waals surface area contributed by atoms with E-state index in [1.165, 1.54) is 25.7 Å². The van der Waals surface area contributed by atoms with E-state index in [0.717, 1.165) is 49.7 Å². The van der Waals surface area contributed by atoms with E-state index in [0.29, 0.717) is 44.3 Å². The molecule has 1 amide bonds. The minimum absolute atomic E-state index is 0.0884. The SMILES string of the molecule is O=C(CCC1CCCC1)N1C[C@@H]2C[C@H](C1)c1ccc(CN3CC[C@@H](F)C3)c(=O)n1C2. The van der Waals surface area contributed by atoms with Gasteiger partial charge < -0.3 is 9.47 Å². The fraction of sp³-hybridized carbons (Fsp3) is 0.750. The highest BCUT2D eigenvalue weighted by Crippen LogP contribution is 2.36. The second-order valence-corrected chi connectivity index (χ2v) is 10.1. The third kappa shape index (κ3) is 4.08. The van der Waals surface area contributed by atoms with E-state index < -0.39 is 6.17 Å². The Morgan fingerprint density at radius 3 is 2.67 bits per heavy atom. The first-order valence-corrected chi connectivity index (χ1v) is 11.9. The molecule has 0 spiro atoms. The first-order chi connectivity index (χ1) is 14.6. The molecular weight excluding hydrogens is 381 g/mol. The Kier molecular flexibility index (Phi) is 5.69. The van der Waals surface area contributed by atoms with Gasteiger partial charge in [0.15, 0.2) is 0 Å². The van der Waals surface area contributed by atoms with Crippen LogP contribution in [0.4, 0.5) is 4.39 Å². The van der Waals surface area contributed by atoms with Crippen molar-refractivity contribution in [2.24, 2.45) is 11.8 Å². The van der Waals surface area contributed by atoms with Crippen LogP contribution in [0.2, 0.25) is 0 Å². The normalized spacial score (nSPS) is 29.4. The third-order valence-corrected chi connectivity index (χ3v) is 7.89. The van der Waals surface area contributed by atoms with Gasteiger partial charge in [-0.2, -0.15) is 0 Å². The Morgan fingerprint density at radius 1 is 1.07 bits per heavy atom. The van der Waals surface area contributed by atoms with Gasteiger partial charge in [-0.25, -0.2) is 4.39 Å². The first kappa shape index (κ1) is 20.2. The molecule has 3 atom stereocenters. The number of hydrogen-bond donors (Lipinski definition) is 0. The van der Waals surface area contributed by atoms with E-state index in [1.54, 1.807) is 0 Å². The number of pyridine rings is 1. The fourth-order valence-corrected chi connectivity index (χ4v) is 6.27. The number of hydrogen-bond acceptors (Lipinski definition) is 3. The van der Waals surface area contributed by atoms with Crippen LogP contribution in [0.1, 0.15) is 68.5 Å². The van der Waals surface area contributed by atoms with Crippen LogP contribution in [0, 0.1) is 11.8 Å². The Hall–Kier alpha value is -1.69. The number of carbonyl (C=O) groups excluding carboxylic acids is 1. The molecule has 1 saturated carbocycles. The number of alkyl halides is 1. The Balaban J connectivity index is 1.26. The Labute approximate surface area is 178 Å². The van der Waals surface area contributed by atoms with Crippen LogP contribution >= 0.6 is 0 Å². The van der Waals surface area contributed by atoms with Crippen LogP contribution in [-0.4, -0.2) is 52.6 Å². The van der Waals surface area contributed by atoms with Crippen molar-refractivity contribution >= 4 is 5.91 Å². The van der Waals surface area contributed by atoms with Gasteiger partial charge in [-0.3, -0.25) is 14.5 Å². The van der Waals surface area contributed by atoms with Crippen LogP contribution in [0.25, 0.3) is 0 Å². The minimum atomic E-state index is -0.762. The highest BCUT2D eigenvalue weighted by atomic mass is 19.1. The third-order valence-electron chi connectivity index (χ3n) is 7.89. The lowest BCUT2D eigenvalue weighted by molar-refractivity contribution is -0.134. The Morgan fingerprint density at radius 2 is 1.90 bits per heavy atom. The summed E-state index contributed by atoms with van der Waals surface area (Å²) >= 11 is 0. The highest BCUT2D eigenvalue weighted by Gasteiger charge is 2.37. The molecule has 6 heteroatoms. The molecular formula is C24H34FN3O2. The largest absolute Gasteiger partial charge is 0.342 e. The summed E-state index contributed by atoms with van der Waals surface area (Å²) in [5, 5.41) is 0. The number of rotatable bonds is 5. The predicted octanol–water partition coefficient (Wildman–Crippen LogP) is 3.31. The molecule has 0 radical (unpaired) electrons. The van der Waals surface area contributed by atoms with Crippen molar-refractivity contribution in [3.8, 4) is 0 Å². The van der Waals surface area contributed by atoms with E-state index in [9.17, 15) is 14.0 Å². The van der Waals surface area contributed by atoms with Gasteiger partial charge in [0.05, 0.1) is 0 Å². The van der Waals surface area contributed by atoms with Crippen molar-refractivity contribution in [1.29, 1.82) is 0 Å². The van der Waals surface area contributed by atoms with Gasteiger partial charge in [0.1, 0.15) is 6.17 Å². The highest BCUT2D eigenvalue weighted by molar-refractivity contribution is 5.76. The molecule has 4 heterocycles. The number of carbonyl (C=O) groups is 1. The van der Waals surface area contributed by atoms with Gasteiger partial charge in [-0.05, 0) is 37.2 Å². The molecule has 0 unspecified atom stereocenters. The maximum atomic E-state index is 13.5. The summed E-state index contributed by atoms with van der Waals surface area (Å²) < 4.78 is 15.4. The molecule has 4 aliphatic rings. The molecule has 3 aliphatic heterocycles. The molecule has 0 aromatic carbocycles. The summed E-state index contributed by atoms with van der Waals surface area (Å²) in [4.78, 5) is 30.1. The van der Waals surface area contributed by atoms with Crippen molar-refractivity contribution in [3.05, 3.63) is 33.7 Å². The molecule has 3 fully saturated rings. The molecule has 2 saturated heterocycles. The molecule has 5 nitrogen and oxygen atoms in total. The van der Waals surface area contributed by atoms with Crippen molar-refractivity contribution in [3.63, 3.8) is 0 Å². The minimum Gasteiger partial charge on any atom is -0.342 e. The van der Waals surface area contributed by atoms with Gasteiger partial charge >= 0.3 is 0 Å². The number of aromatic nitrogens is 1. The van der Waals surface area contributed by atoms with Gasteiger partial charge in [0.25, 0.3) is 5.56 Å². The lowest BCUT2D eigenvalue weighted by Gasteiger charge is -2.43. The first-order valence-electron chi connectivity index (χ1n) is 11.9. The zero-order valence-electron chi connectivity index (χ0n) is 17.9. The van der Waals surface area contributed by atoms with Gasteiger partial charge in [0.2, 0.25) is 5.91 Å². The molecule has 5 rings (SSSR count). The van der Waals surface area contributed by atoms with Gasteiger partial charge in [0, 0.05) is 62.9 Å². The van der Waals surface area contributed by atoms with Crippen LogP contribution in [0.5, 0.6) is 0 Å². The van der Waals surface area contributed by atoms with Crippen molar-refractivity contribution in [2.75, 3.05) is 26.2 Å². The van der Waals surface area contributed by atoms with E-state index in [2.05, 4.69) is 11.0 Å². The summed E-state index contributed by atoms with van der Waals surface area (Å²) in [6.07, 6.45) is 7.84. The van der Waals surface area contributed by atoms with E-state index in [4.69, 9.17) is 0 Å². The van der Waals surface area contributed by atoms with Crippen LogP contribution in [0.15, 0.2) is 16.9 Å². The van der Waals surface area contributed by atoms with Crippen molar-refractivity contribution in [2.45, 2.75) is 76.5 Å². The van der Waals surface area contributed by atoms with Crippen molar-refractivity contribution in [1.82, 2.24) is 14.4 Å². The molecule has 1 aromatic rings. The summed E-state index contributed by atoms with van der Waals surface area (Å²) in [5.41, 5.74) is 1.95. The fourth-order valence-electron chi connectivity index (χ4n) is 6.27. The number of fused-ring (bicyclic) bond motifs is 4. The molecule has 0 N–H and O–H groups in total. The van der Waals surface area contributed by atoms with Crippen molar-refractivity contribution < 1.29 is 9.18 Å². The second kappa shape index (κ2) is 8.45. The van der Waals surface area contributed by atoms with Crippen LogP contribution in [-0.2, 0) is 17.9 Å². The molecule has 1 aliphatic carbocycles. The zero-order chi connectivity index (χ0) is 20.7. The predicted molar refractivity (Wildman–Crippen MR) is 114 cm³/mol. The molecule has 2 bridgehead atoms. The van der Waals surface area contributed by atoms with Crippen LogP contribution in [0.3, 0.4) is 0 Å². The summed E-state index contributed by atoms with van der Waals surface area (Å²) in [6.45, 7) is 3.94. The van der Waals surface area contributed by atoms with Crippen LogP contribution < -0.4 is 5.56 Å². The molecule has 164 valence electrons. The number of likely N-dealkylation sites (tertiary alicyclic amines) is 2. The molecule has 1 aromatic heterocycles. The number of piperidine rings is 1. The smallest absolute Gasteiger partial charge is 0.255 e. The number of amides is 1. The second-order valence-electron chi connectivity index (χ2n) is 10.1. The standard InChI is InChI=1S/C24H34FN3O2/c25-21-9-10-26(16-21)14-19-6-7-22-20-11-18(13-28(22)24(19)30)12-27(15-20)23(29)8-5-17-3-1-2-4-17/h6-7,17-18,20-21H,1-5,8-16H2/t18-,20+,21+/m0/s1. The number of halogens is 1. The maximum absolute atomic E-state index is 13.5. The quantitative estimate of drug-likeness (QED) is 0.741. The monoisotopic (exact) mass is 415 g/mol. The summed E-state index contributed by atoms with van der Waals surface area (Å²) in [6, 6.07) is 4.04. The topological polar surface area (TPSA) is 45.6 Å². The average molecular weight is 416 g/mol. The number of nitrogens with zero attached hydrogens (tertiary/aromatic N) is 3. The van der Waals surface area contributed by atoms with E-state index in [1.807, 2.05) is 15.5 Å². The average Bonchev–Trinajstić information content (AvgIpc) is 3.40. The van der Waals surface area contributed by atoms with Gasteiger partial charge in [-0.1, -0.05) is 31.7 Å². The summed E-state index contributed by atoms with van der Waals surface area (Å²) in [7, 11) is 0. The van der Waals surface area contributed by atoms with Gasteiger partial charge in [-0.15, -0.1) is 0 Å². The lowest BCUT2D eigenvalue weighted by atomic mass is 9.82. The lowest BCUT2D eigenvalue weighted by Crippen LogP contribution is -2.49. The molecule has 30 heavy (non-hydrogen) atoms. The zero-order valence-corrected chi connectivity index (χ0v) is 17.9.